The summed E-state index contributed by atoms with van der Waals surface area (Å²) in [6.07, 6.45) is -0.691. The summed E-state index contributed by atoms with van der Waals surface area (Å²) >= 11 is 0. The summed E-state index contributed by atoms with van der Waals surface area (Å²) in [6.45, 7) is 15.6. The molecule has 0 radical (unpaired) electrons. The smallest absolute Gasteiger partial charge is 0.408 e. The molecule has 24 heavy (non-hydrogen) atoms. The van der Waals surface area contributed by atoms with E-state index in [1.807, 2.05) is 0 Å². The largest absolute Gasteiger partial charge is 0.458 e. The molecule has 0 aromatic carbocycles. The Balaban J connectivity index is 4.78. The summed E-state index contributed by atoms with van der Waals surface area (Å²) in [5, 5.41) is 5.07. The van der Waals surface area contributed by atoms with E-state index in [0.29, 0.717) is 0 Å². The molecule has 0 unspecified atom stereocenters. The van der Waals surface area contributed by atoms with Gasteiger partial charge in [0.1, 0.15) is 23.3 Å². The lowest BCUT2D eigenvalue weighted by Crippen LogP contribution is -2.53. The zero-order valence-corrected chi connectivity index (χ0v) is 16.3. The highest BCUT2D eigenvalue weighted by Crippen LogP contribution is 2.12. The Hall–Kier alpha value is -1.79. The Morgan fingerprint density at radius 3 is 1.62 bits per heavy atom. The second-order valence-corrected chi connectivity index (χ2v) is 8.13. The van der Waals surface area contributed by atoms with E-state index >= 15 is 0 Å². The summed E-state index contributed by atoms with van der Waals surface area (Å²) in [5.74, 6) is -1.14. The van der Waals surface area contributed by atoms with E-state index in [-0.39, 0.29) is 5.92 Å². The molecule has 2 atom stereocenters. The van der Waals surface area contributed by atoms with Crippen LogP contribution < -0.4 is 10.6 Å². The van der Waals surface area contributed by atoms with Crippen molar-refractivity contribution in [1.29, 1.82) is 0 Å². The average Bonchev–Trinajstić information content (AvgIpc) is 2.29. The van der Waals surface area contributed by atoms with E-state index < -0.39 is 41.3 Å². The first kappa shape index (κ1) is 22.2. The molecular weight excluding hydrogens is 312 g/mol. The van der Waals surface area contributed by atoms with Gasteiger partial charge in [0.15, 0.2) is 0 Å². The van der Waals surface area contributed by atoms with Crippen molar-refractivity contribution in [1.82, 2.24) is 10.6 Å². The van der Waals surface area contributed by atoms with Crippen molar-refractivity contribution >= 4 is 18.0 Å². The molecule has 2 N–H and O–H groups in total. The van der Waals surface area contributed by atoms with Gasteiger partial charge < -0.3 is 20.1 Å². The van der Waals surface area contributed by atoms with Gasteiger partial charge in [-0.05, 0) is 54.4 Å². The average molecular weight is 344 g/mol. The minimum Gasteiger partial charge on any atom is -0.458 e. The fraction of sp³-hybridized carbons (Fsp3) is 0.824. The number of alkyl carbamates (subject to hydrolysis) is 1. The lowest BCUT2D eigenvalue weighted by molar-refractivity contribution is -0.160. The predicted octanol–water partition coefficient (Wildman–Crippen LogP) is 2.38. The molecule has 7 heteroatoms. The van der Waals surface area contributed by atoms with Crippen molar-refractivity contribution in [2.24, 2.45) is 5.92 Å². The third-order valence-corrected chi connectivity index (χ3v) is 2.75. The number of hydrogen-bond donors (Lipinski definition) is 2. The fourth-order valence-electron chi connectivity index (χ4n) is 1.69. The first-order valence-corrected chi connectivity index (χ1v) is 8.15. The zero-order chi connectivity index (χ0) is 19.3. The van der Waals surface area contributed by atoms with E-state index in [4.69, 9.17) is 9.47 Å². The topological polar surface area (TPSA) is 93.7 Å². The number of carbonyl (C=O) groups is 3. The molecule has 0 saturated heterocycles. The minimum absolute atomic E-state index is 0.155. The highest BCUT2D eigenvalue weighted by molar-refractivity contribution is 5.89. The summed E-state index contributed by atoms with van der Waals surface area (Å²) in [5.41, 5.74) is -1.30. The number of hydrogen-bond acceptors (Lipinski definition) is 5. The molecule has 0 spiro atoms. The van der Waals surface area contributed by atoms with E-state index in [2.05, 4.69) is 10.6 Å². The first-order valence-electron chi connectivity index (χ1n) is 8.15. The Morgan fingerprint density at radius 1 is 0.792 bits per heavy atom. The van der Waals surface area contributed by atoms with Crippen LogP contribution in [0.3, 0.4) is 0 Å². The van der Waals surface area contributed by atoms with Gasteiger partial charge in [0.2, 0.25) is 5.91 Å². The van der Waals surface area contributed by atoms with Crippen molar-refractivity contribution in [2.45, 2.75) is 85.6 Å². The summed E-state index contributed by atoms with van der Waals surface area (Å²) < 4.78 is 10.4. The van der Waals surface area contributed by atoms with Crippen molar-refractivity contribution in [2.75, 3.05) is 0 Å². The number of rotatable bonds is 5. The normalized spacial score (nSPS) is 14.6. The summed E-state index contributed by atoms with van der Waals surface area (Å²) in [4.78, 5) is 36.2. The third kappa shape index (κ3) is 9.37. The second-order valence-electron chi connectivity index (χ2n) is 8.13. The predicted molar refractivity (Wildman–Crippen MR) is 91.4 cm³/mol. The molecule has 0 aromatic rings. The van der Waals surface area contributed by atoms with Gasteiger partial charge >= 0.3 is 12.1 Å². The number of carbonyl (C=O) groups excluding carboxylic acids is 3. The zero-order valence-electron chi connectivity index (χ0n) is 16.3. The Kier molecular flexibility index (Phi) is 7.73. The van der Waals surface area contributed by atoms with E-state index in [0.717, 1.165) is 0 Å². The van der Waals surface area contributed by atoms with Crippen LogP contribution in [-0.4, -0.2) is 41.3 Å². The van der Waals surface area contributed by atoms with Crippen LogP contribution in [0.1, 0.15) is 62.3 Å². The molecule has 0 saturated carbocycles. The molecule has 0 heterocycles. The molecule has 0 rings (SSSR count). The maximum Gasteiger partial charge on any atom is 0.408 e. The SMILES string of the molecule is CC(C)[C@H](NC(=O)[C@H](C)NC(=O)OC(C)(C)C)C(=O)OC(C)(C)C. The Morgan fingerprint density at radius 2 is 1.25 bits per heavy atom. The standard InChI is InChI=1S/C17H32N2O5/c1-10(2)12(14(21)23-16(4,5)6)19-13(20)11(3)18-15(22)24-17(7,8)9/h10-12H,1-9H3,(H,18,22)(H,19,20)/t11-,12-/m0/s1. The molecular formula is C17H32N2O5. The van der Waals surface area contributed by atoms with Gasteiger partial charge in [-0.15, -0.1) is 0 Å². The van der Waals surface area contributed by atoms with E-state index in [1.54, 1.807) is 55.4 Å². The molecule has 7 nitrogen and oxygen atoms in total. The molecule has 0 aliphatic heterocycles. The van der Waals surface area contributed by atoms with Crippen molar-refractivity contribution < 1.29 is 23.9 Å². The van der Waals surface area contributed by atoms with Crippen LogP contribution >= 0.6 is 0 Å². The molecule has 2 amide bonds. The number of nitrogens with one attached hydrogen (secondary N) is 2. The van der Waals surface area contributed by atoms with Gasteiger partial charge in [-0.25, -0.2) is 9.59 Å². The van der Waals surface area contributed by atoms with Crippen molar-refractivity contribution in [3.8, 4) is 0 Å². The number of ether oxygens (including phenoxy) is 2. The lowest BCUT2D eigenvalue weighted by Gasteiger charge is -2.27. The highest BCUT2D eigenvalue weighted by atomic mass is 16.6. The van der Waals surface area contributed by atoms with Gasteiger partial charge in [0, 0.05) is 0 Å². The summed E-state index contributed by atoms with van der Waals surface area (Å²) in [6, 6.07) is -1.64. The minimum atomic E-state index is -0.844. The molecule has 0 aliphatic carbocycles. The van der Waals surface area contributed by atoms with Gasteiger partial charge in [0.25, 0.3) is 0 Å². The second kappa shape index (κ2) is 8.35. The van der Waals surface area contributed by atoms with Gasteiger partial charge in [0.05, 0.1) is 0 Å². The monoisotopic (exact) mass is 344 g/mol. The van der Waals surface area contributed by atoms with Gasteiger partial charge in [-0.3, -0.25) is 4.79 Å². The van der Waals surface area contributed by atoms with Crippen LogP contribution in [0.5, 0.6) is 0 Å². The third-order valence-electron chi connectivity index (χ3n) is 2.75. The maximum absolute atomic E-state index is 12.2. The van der Waals surface area contributed by atoms with Gasteiger partial charge in [-0.2, -0.15) is 0 Å². The van der Waals surface area contributed by atoms with Crippen LogP contribution in [-0.2, 0) is 19.1 Å². The summed E-state index contributed by atoms with van der Waals surface area (Å²) in [7, 11) is 0. The van der Waals surface area contributed by atoms with Crippen LogP contribution in [0.25, 0.3) is 0 Å². The fourth-order valence-corrected chi connectivity index (χ4v) is 1.69. The highest BCUT2D eigenvalue weighted by Gasteiger charge is 2.31. The van der Waals surface area contributed by atoms with Crippen LogP contribution in [0.2, 0.25) is 0 Å². The van der Waals surface area contributed by atoms with Crippen molar-refractivity contribution in [3.05, 3.63) is 0 Å². The van der Waals surface area contributed by atoms with Crippen LogP contribution in [0.4, 0.5) is 4.79 Å². The number of esters is 1. The molecule has 0 fully saturated rings. The van der Waals surface area contributed by atoms with E-state index in [9.17, 15) is 14.4 Å². The maximum atomic E-state index is 12.2. The van der Waals surface area contributed by atoms with Crippen LogP contribution in [0, 0.1) is 5.92 Å². The first-order chi connectivity index (χ1) is 10.6. The molecule has 0 aliphatic rings. The number of amides is 2. The van der Waals surface area contributed by atoms with Gasteiger partial charge in [-0.1, -0.05) is 13.8 Å². The van der Waals surface area contributed by atoms with Crippen LogP contribution in [0.15, 0.2) is 0 Å². The molecule has 0 aromatic heterocycles. The lowest BCUT2D eigenvalue weighted by atomic mass is 10.0. The quantitative estimate of drug-likeness (QED) is 0.747. The van der Waals surface area contributed by atoms with Crippen molar-refractivity contribution in [3.63, 3.8) is 0 Å². The van der Waals surface area contributed by atoms with E-state index in [1.165, 1.54) is 6.92 Å². The molecule has 140 valence electrons. The molecule has 0 bridgehead atoms. The Labute approximate surface area is 144 Å². The Bertz CT molecular complexity index is 461.